The highest BCUT2D eigenvalue weighted by molar-refractivity contribution is 7.12. The summed E-state index contributed by atoms with van der Waals surface area (Å²) in [4.78, 5) is 7.80. The molecule has 2 aromatic heterocycles. The molecule has 21 heavy (non-hydrogen) atoms. The van der Waals surface area contributed by atoms with Gasteiger partial charge in [0, 0.05) is 27.6 Å². The number of nitrogens with zero attached hydrogens (tertiary/aromatic N) is 1. The summed E-state index contributed by atoms with van der Waals surface area (Å²) in [5.74, 6) is 0. The normalized spacial score (nSPS) is 15.9. The number of aryl methyl sites for hydroxylation is 3. The zero-order valence-corrected chi connectivity index (χ0v) is 14.6. The zero-order chi connectivity index (χ0) is 14.7. The van der Waals surface area contributed by atoms with Crippen LogP contribution in [0.4, 0.5) is 0 Å². The molecule has 0 fully saturated rings. The molecule has 2 nitrogen and oxygen atoms in total. The van der Waals surface area contributed by atoms with Gasteiger partial charge in [-0.1, -0.05) is 6.92 Å². The molecule has 0 saturated carbocycles. The Hall–Kier alpha value is -0.710. The van der Waals surface area contributed by atoms with E-state index in [2.05, 4.69) is 35.6 Å². The van der Waals surface area contributed by atoms with Crippen molar-refractivity contribution in [1.82, 2.24) is 10.3 Å². The first-order valence-electron chi connectivity index (χ1n) is 8.02. The van der Waals surface area contributed by atoms with Crippen LogP contribution in [0.15, 0.2) is 11.4 Å². The van der Waals surface area contributed by atoms with E-state index in [0.29, 0.717) is 6.04 Å². The number of hydrogen-bond donors (Lipinski definition) is 1. The number of thiazole rings is 1. The van der Waals surface area contributed by atoms with Crippen LogP contribution in [-0.2, 0) is 19.3 Å². The lowest BCUT2D eigenvalue weighted by atomic mass is 9.98. The van der Waals surface area contributed by atoms with Gasteiger partial charge in [0.05, 0.1) is 10.7 Å². The lowest BCUT2D eigenvalue weighted by Crippen LogP contribution is -2.23. The van der Waals surface area contributed by atoms with Crippen LogP contribution >= 0.6 is 22.7 Å². The third-order valence-electron chi connectivity index (χ3n) is 4.08. The van der Waals surface area contributed by atoms with E-state index in [1.807, 2.05) is 11.3 Å². The first-order chi connectivity index (χ1) is 10.3. The Morgan fingerprint density at radius 2 is 2.19 bits per heavy atom. The smallest absolute Gasteiger partial charge is 0.0897 e. The van der Waals surface area contributed by atoms with Crippen LogP contribution < -0.4 is 5.32 Å². The van der Waals surface area contributed by atoms with Crippen molar-refractivity contribution in [3.05, 3.63) is 37.5 Å². The Labute approximate surface area is 135 Å². The summed E-state index contributed by atoms with van der Waals surface area (Å²) in [6.45, 7) is 5.40. The Kier molecular flexibility index (Phi) is 5.09. The molecular weight excluding hydrogens is 296 g/mol. The van der Waals surface area contributed by atoms with Gasteiger partial charge in [-0.25, -0.2) is 4.98 Å². The molecule has 0 aliphatic heterocycles. The number of fused-ring (bicyclic) bond motifs is 1. The van der Waals surface area contributed by atoms with E-state index in [-0.39, 0.29) is 0 Å². The highest BCUT2D eigenvalue weighted by atomic mass is 32.1. The van der Waals surface area contributed by atoms with Crippen molar-refractivity contribution < 1.29 is 0 Å². The third kappa shape index (κ3) is 3.74. The second-order valence-corrected chi connectivity index (χ2v) is 8.10. The van der Waals surface area contributed by atoms with Gasteiger partial charge in [-0.3, -0.25) is 0 Å². The SMILES string of the molecule is CCCNC(Cc1csc(C)n1)c1cc2c(s1)CCCC2. The first-order valence-corrected chi connectivity index (χ1v) is 9.71. The van der Waals surface area contributed by atoms with E-state index >= 15 is 0 Å². The van der Waals surface area contributed by atoms with Crippen molar-refractivity contribution in [3.8, 4) is 0 Å². The summed E-state index contributed by atoms with van der Waals surface area (Å²) in [6.07, 6.45) is 7.49. The molecule has 0 aromatic carbocycles. The fourth-order valence-corrected chi connectivity index (χ4v) is 4.95. The van der Waals surface area contributed by atoms with Crippen LogP contribution in [0.25, 0.3) is 0 Å². The van der Waals surface area contributed by atoms with Gasteiger partial charge in [-0.05, 0) is 57.2 Å². The summed E-state index contributed by atoms with van der Waals surface area (Å²) in [5, 5.41) is 7.11. The van der Waals surface area contributed by atoms with Crippen molar-refractivity contribution in [2.45, 2.75) is 58.4 Å². The molecule has 0 amide bonds. The van der Waals surface area contributed by atoms with Crippen LogP contribution in [0, 0.1) is 6.92 Å². The van der Waals surface area contributed by atoms with Crippen LogP contribution in [0.3, 0.4) is 0 Å². The molecule has 2 heterocycles. The quantitative estimate of drug-likeness (QED) is 0.836. The molecule has 2 aromatic rings. The molecule has 0 spiro atoms. The topological polar surface area (TPSA) is 24.9 Å². The fraction of sp³-hybridized carbons (Fsp3) is 0.588. The highest BCUT2D eigenvalue weighted by Crippen LogP contribution is 2.34. The second kappa shape index (κ2) is 7.03. The molecule has 114 valence electrons. The van der Waals surface area contributed by atoms with Crippen molar-refractivity contribution in [2.24, 2.45) is 0 Å². The number of rotatable bonds is 6. The molecule has 1 atom stereocenters. The standard InChI is InChI=1S/C17H24N2S2/c1-3-8-18-15(10-14-11-20-12(2)19-14)17-9-13-6-4-5-7-16(13)21-17/h9,11,15,18H,3-8,10H2,1-2H3. The van der Waals surface area contributed by atoms with Gasteiger partial charge in [-0.15, -0.1) is 22.7 Å². The molecule has 1 N–H and O–H groups in total. The molecule has 1 aliphatic carbocycles. The molecule has 4 heteroatoms. The van der Waals surface area contributed by atoms with Crippen LogP contribution in [0.5, 0.6) is 0 Å². The molecule has 0 saturated heterocycles. The second-order valence-electron chi connectivity index (χ2n) is 5.87. The summed E-state index contributed by atoms with van der Waals surface area (Å²) in [6, 6.07) is 2.90. The fourth-order valence-electron chi connectivity index (χ4n) is 2.99. The summed E-state index contributed by atoms with van der Waals surface area (Å²) in [5.41, 5.74) is 2.84. The summed E-state index contributed by atoms with van der Waals surface area (Å²) >= 11 is 3.79. The Bertz CT molecular complexity index is 562. The third-order valence-corrected chi connectivity index (χ3v) is 6.25. The van der Waals surface area contributed by atoms with E-state index in [1.54, 1.807) is 21.8 Å². The van der Waals surface area contributed by atoms with Gasteiger partial charge >= 0.3 is 0 Å². The highest BCUT2D eigenvalue weighted by Gasteiger charge is 2.20. The molecule has 1 unspecified atom stereocenters. The summed E-state index contributed by atoms with van der Waals surface area (Å²) in [7, 11) is 0. The van der Waals surface area contributed by atoms with Gasteiger partial charge in [0.1, 0.15) is 0 Å². The first kappa shape index (κ1) is 15.2. The molecule has 3 rings (SSSR count). The Morgan fingerprint density at radius 3 is 2.90 bits per heavy atom. The van der Waals surface area contributed by atoms with Crippen molar-refractivity contribution in [2.75, 3.05) is 6.54 Å². The van der Waals surface area contributed by atoms with Crippen LogP contribution in [0.2, 0.25) is 0 Å². The van der Waals surface area contributed by atoms with E-state index in [1.165, 1.54) is 47.7 Å². The number of aromatic nitrogens is 1. The summed E-state index contributed by atoms with van der Waals surface area (Å²) < 4.78 is 0. The van der Waals surface area contributed by atoms with E-state index in [0.717, 1.165) is 13.0 Å². The lowest BCUT2D eigenvalue weighted by molar-refractivity contribution is 0.532. The van der Waals surface area contributed by atoms with Gasteiger partial charge in [0.15, 0.2) is 0 Å². The minimum absolute atomic E-state index is 0.432. The zero-order valence-electron chi connectivity index (χ0n) is 12.9. The van der Waals surface area contributed by atoms with Crippen molar-refractivity contribution in [3.63, 3.8) is 0 Å². The van der Waals surface area contributed by atoms with Crippen molar-refractivity contribution in [1.29, 1.82) is 0 Å². The number of hydrogen-bond acceptors (Lipinski definition) is 4. The lowest BCUT2D eigenvalue weighted by Gasteiger charge is -2.16. The van der Waals surface area contributed by atoms with Gasteiger partial charge in [-0.2, -0.15) is 0 Å². The van der Waals surface area contributed by atoms with Crippen LogP contribution in [-0.4, -0.2) is 11.5 Å². The number of thiophene rings is 1. The minimum atomic E-state index is 0.432. The molecular formula is C17H24N2S2. The Balaban J connectivity index is 1.79. The van der Waals surface area contributed by atoms with E-state index < -0.39 is 0 Å². The Morgan fingerprint density at radius 1 is 1.33 bits per heavy atom. The molecule has 1 aliphatic rings. The predicted octanol–water partition coefficient (Wildman–Crippen LogP) is 4.68. The maximum atomic E-state index is 4.65. The van der Waals surface area contributed by atoms with Crippen LogP contribution in [0.1, 0.15) is 58.2 Å². The monoisotopic (exact) mass is 320 g/mol. The predicted molar refractivity (Wildman–Crippen MR) is 92.6 cm³/mol. The average molecular weight is 321 g/mol. The largest absolute Gasteiger partial charge is 0.309 e. The van der Waals surface area contributed by atoms with Crippen molar-refractivity contribution >= 4 is 22.7 Å². The maximum Gasteiger partial charge on any atom is 0.0897 e. The van der Waals surface area contributed by atoms with Gasteiger partial charge < -0.3 is 5.32 Å². The van der Waals surface area contributed by atoms with Gasteiger partial charge in [0.2, 0.25) is 0 Å². The molecule has 0 radical (unpaired) electrons. The minimum Gasteiger partial charge on any atom is -0.309 e. The maximum absolute atomic E-state index is 4.65. The molecule has 0 bridgehead atoms. The van der Waals surface area contributed by atoms with E-state index in [9.17, 15) is 0 Å². The number of nitrogens with one attached hydrogen (secondary N) is 1. The average Bonchev–Trinajstić information content (AvgIpc) is 3.09. The van der Waals surface area contributed by atoms with E-state index in [4.69, 9.17) is 0 Å². The van der Waals surface area contributed by atoms with Gasteiger partial charge in [0.25, 0.3) is 0 Å².